The normalized spacial score (nSPS) is 10.8. The van der Waals surface area contributed by atoms with Crippen LogP contribution < -0.4 is 10.6 Å². The van der Waals surface area contributed by atoms with E-state index in [2.05, 4.69) is 10.2 Å². The summed E-state index contributed by atoms with van der Waals surface area (Å²) in [7, 11) is 0. The highest BCUT2D eigenvalue weighted by molar-refractivity contribution is 7.99. The van der Waals surface area contributed by atoms with E-state index in [0.717, 1.165) is 17.1 Å². The fourth-order valence-corrected chi connectivity index (χ4v) is 2.97. The Hall–Kier alpha value is -2.18. The summed E-state index contributed by atoms with van der Waals surface area (Å²) in [5.41, 5.74) is 2.05. The molecular formula is C17H17ClN4OS. The topological polar surface area (TPSA) is 66.0 Å². The number of nitrogens with two attached hydrogens (primary N) is 1. The van der Waals surface area contributed by atoms with Gasteiger partial charge < -0.3 is 10.6 Å². The molecule has 3 rings (SSSR count). The molecule has 0 fully saturated rings. The third-order valence-corrected chi connectivity index (χ3v) is 4.50. The third kappa shape index (κ3) is 4.01. The molecule has 0 saturated heterocycles. The lowest BCUT2D eigenvalue weighted by Gasteiger charge is -2.07. The van der Waals surface area contributed by atoms with E-state index in [-0.39, 0.29) is 0 Å². The molecule has 2 N–H and O–H groups in total. The number of nitrogen functional groups attached to an aromatic ring is 1. The molecule has 7 heteroatoms. The molecule has 0 aliphatic heterocycles. The first kappa shape index (κ1) is 16.7. The van der Waals surface area contributed by atoms with Gasteiger partial charge in [-0.3, -0.25) is 0 Å². The van der Waals surface area contributed by atoms with Gasteiger partial charge in [0.25, 0.3) is 0 Å². The van der Waals surface area contributed by atoms with Gasteiger partial charge in [-0.1, -0.05) is 35.5 Å². The molecule has 1 aromatic heterocycles. The van der Waals surface area contributed by atoms with E-state index in [4.69, 9.17) is 22.2 Å². The Bertz CT molecular complexity index is 820. The maximum atomic E-state index is 6.08. The monoisotopic (exact) mass is 360 g/mol. The molecule has 5 nitrogen and oxygen atoms in total. The molecule has 0 saturated carbocycles. The Morgan fingerprint density at radius 2 is 1.96 bits per heavy atom. The number of hydrogen-bond donors (Lipinski definition) is 1. The number of aromatic nitrogens is 3. The van der Waals surface area contributed by atoms with E-state index < -0.39 is 0 Å². The highest BCUT2D eigenvalue weighted by Gasteiger charge is 2.12. The van der Waals surface area contributed by atoms with Gasteiger partial charge in [0.2, 0.25) is 5.16 Å². The summed E-state index contributed by atoms with van der Waals surface area (Å²) >= 11 is 7.40. The van der Waals surface area contributed by atoms with E-state index in [1.54, 1.807) is 12.1 Å². The van der Waals surface area contributed by atoms with E-state index in [0.29, 0.717) is 22.6 Å². The summed E-state index contributed by atoms with van der Waals surface area (Å²) in [4.78, 5) is 0. The average molecular weight is 361 g/mol. The van der Waals surface area contributed by atoms with Crippen LogP contribution in [-0.4, -0.2) is 27.2 Å². The second-order valence-electron chi connectivity index (χ2n) is 5.20. The van der Waals surface area contributed by atoms with Crippen LogP contribution in [-0.2, 0) is 0 Å². The second kappa shape index (κ2) is 7.59. The molecular weight excluding hydrogens is 344 g/mol. The highest BCUT2D eigenvalue weighted by Crippen LogP contribution is 2.23. The number of nitrogens with zero attached hydrogens (tertiary/aromatic N) is 3. The summed E-state index contributed by atoms with van der Waals surface area (Å²) in [5, 5.41) is 9.60. The summed E-state index contributed by atoms with van der Waals surface area (Å²) in [6, 6.07) is 15.3. The van der Waals surface area contributed by atoms with Crippen molar-refractivity contribution in [1.82, 2.24) is 14.9 Å². The van der Waals surface area contributed by atoms with Crippen molar-refractivity contribution in [1.29, 1.82) is 0 Å². The van der Waals surface area contributed by atoms with Gasteiger partial charge in [-0.2, -0.15) is 0 Å². The lowest BCUT2D eigenvalue weighted by molar-refractivity contribution is 0.343. The molecule has 0 bridgehead atoms. The Morgan fingerprint density at radius 1 is 1.17 bits per heavy atom. The van der Waals surface area contributed by atoms with Crippen LogP contribution in [0.5, 0.6) is 5.75 Å². The summed E-state index contributed by atoms with van der Waals surface area (Å²) < 4.78 is 7.21. The van der Waals surface area contributed by atoms with Gasteiger partial charge in [-0.05, 0) is 48.9 Å². The lowest BCUT2D eigenvalue weighted by Crippen LogP contribution is -2.12. The van der Waals surface area contributed by atoms with Crippen LogP contribution in [0.4, 0.5) is 0 Å². The van der Waals surface area contributed by atoms with Crippen molar-refractivity contribution in [3.05, 3.63) is 59.1 Å². The Morgan fingerprint density at radius 3 is 2.71 bits per heavy atom. The van der Waals surface area contributed by atoms with Gasteiger partial charge in [0.15, 0.2) is 5.82 Å². The third-order valence-electron chi connectivity index (χ3n) is 3.34. The molecule has 0 atom stereocenters. The average Bonchev–Trinajstić information content (AvgIpc) is 2.93. The fourth-order valence-electron chi connectivity index (χ4n) is 2.17. The summed E-state index contributed by atoms with van der Waals surface area (Å²) in [6.07, 6.45) is 0. The van der Waals surface area contributed by atoms with Gasteiger partial charge in [-0.25, -0.2) is 4.68 Å². The largest absolute Gasteiger partial charge is 0.493 e. The fraction of sp³-hybridized carbons (Fsp3) is 0.176. The van der Waals surface area contributed by atoms with Gasteiger partial charge in [-0.15, -0.1) is 10.2 Å². The predicted molar refractivity (Wildman–Crippen MR) is 98.0 cm³/mol. The highest BCUT2D eigenvalue weighted by atomic mass is 35.5. The van der Waals surface area contributed by atoms with E-state index in [1.165, 1.54) is 22.0 Å². The number of thioether (sulfide) groups is 1. The molecule has 0 aliphatic carbocycles. The molecule has 0 amide bonds. The zero-order valence-corrected chi connectivity index (χ0v) is 14.7. The van der Waals surface area contributed by atoms with Crippen LogP contribution in [0.1, 0.15) is 5.56 Å². The van der Waals surface area contributed by atoms with Crippen LogP contribution in [0.3, 0.4) is 0 Å². The standard InChI is InChI=1S/C17H17ClN4OS/c1-12-3-2-4-15(11-12)23-9-10-24-17-21-20-16(22(17)19)13-5-7-14(18)8-6-13/h2-8,11H,9-10,19H2,1H3. The molecule has 0 aliphatic rings. The molecule has 24 heavy (non-hydrogen) atoms. The number of aryl methyl sites for hydroxylation is 1. The molecule has 124 valence electrons. The van der Waals surface area contributed by atoms with E-state index in [1.807, 2.05) is 43.3 Å². The number of halogens is 1. The molecule has 0 unspecified atom stereocenters. The smallest absolute Gasteiger partial charge is 0.210 e. The number of hydrogen-bond acceptors (Lipinski definition) is 5. The maximum Gasteiger partial charge on any atom is 0.210 e. The van der Waals surface area contributed by atoms with Gasteiger partial charge >= 0.3 is 0 Å². The van der Waals surface area contributed by atoms with Crippen LogP contribution in [0.15, 0.2) is 53.7 Å². The minimum atomic E-state index is 0.567. The molecule has 0 radical (unpaired) electrons. The van der Waals surface area contributed by atoms with Crippen molar-refractivity contribution in [3.63, 3.8) is 0 Å². The molecule has 3 aromatic rings. The van der Waals surface area contributed by atoms with Crippen molar-refractivity contribution in [3.8, 4) is 17.1 Å². The van der Waals surface area contributed by atoms with Crippen LogP contribution in [0.2, 0.25) is 5.02 Å². The van der Waals surface area contributed by atoms with Crippen molar-refractivity contribution in [2.75, 3.05) is 18.2 Å². The molecule has 2 aromatic carbocycles. The number of rotatable bonds is 6. The van der Waals surface area contributed by atoms with E-state index in [9.17, 15) is 0 Å². The zero-order valence-electron chi connectivity index (χ0n) is 13.1. The number of benzene rings is 2. The van der Waals surface area contributed by atoms with Gasteiger partial charge in [0.05, 0.1) is 6.61 Å². The molecule has 1 heterocycles. The van der Waals surface area contributed by atoms with Gasteiger partial charge in [0, 0.05) is 16.3 Å². The van der Waals surface area contributed by atoms with Crippen LogP contribution in [0, 0.1) is 6.92 Å². The summed E-state index contributed by atoms with van der Waals surface area (Å²) in [6.45, 7) is 2.61. The Labute approximate surface area is 149 Å². The molecule has 0 spiro atoms. The predicted octanol–water partition coefficient (Wildman–Crippen LogP) is 3.79. The van der Waals surface area contributed by atoms with Crippen LogP contribution in [0.25, 0.3) is 11.4 Å². The lowest BCUT2D eigenvalue weighted by atomic mass is 10.2. The number of ether oxygens (including phenoxy) is 1. The first-order chi connectivity index (χ1) is 11.6. The SMILES string of the molecule is Cc1cccc(OCCSc2nnc(-c3ccc(Cl)cc3)n2N)c1. The Balaban J connectivity index is 1.57. The van der Waals surface area contributed by atoms with Gasteiger partial charge in [0.1, 0.15) is 5.75 Å². The quantitative estimate of drug-likeness (QED) is 0.411. The van der Waals surface area contributed by atoms with Crippen molar-refractivity contribution < 1.29 is 4.74 Å². The first-order valence-electron chi connectivity index (χ1n) is 7.42. The minimum Gasteiger partial charge on any atom is -0.493 e. The maximum absolute atomic E-state index is 6.08. The van der Waals surface area contributed by atoms with Crippen molar-refractivity contribution in [2.24, 2.45) is 0 Å². The van der Waals surface area contributed by atoms with Crippen molar-refractivity contribution in [2.45, 2.75) is 12.1 Å². The Kier molecular flexibility index (Phi) is 5.27. The van der Waals surface area contributed by atoms with Crippen molar-refractivity contribution >= 4 is 23.4 Å². The summed E-state index contributed by atoms with van der Waals surface area (Å²) in [5.74, 6) is 8.28. The second-order valence-corrected chi connectivity index (χ2v) is 6.70. The minimum absolute atomic E-state index is 0.567. The first-order valence-corrected chi connectivity index (χ1v) is 8.78. The zero-order chi connectivity index (χ0) is 16.9. The van der Waals surface area contributed by atoms with E-state index >= 15 is 0 Å². The van der Waals surface area contributed by atoms with Crippen LogP contribution >= 0.6 is 23.4 Å².